The van der Waals surface area contributed by atoms with Gasteiger partial charge in [0, 0.05) is 0 Å². The zero-order valence-corrected chi connectivity index (χ0v) is 19.3. The second kappa shape index (κ2) is 10.6. The Morgan fingerprint density at radius 1 is 1.12 bits per heavy atom. The number of rotatable bonds is 9. The maximum atomic E-state index is 11.7. The first kappa shape index (κ1) is 25.3. The number of carbonyl (C=O) groups is 3. The molecule has 12 nitrogen and oxygen atoms in total. The summed E-state index contributed by atoms with van der Waals surface area (Å²) in [5.74, 6) is -0.838. The Balaban J connectivity index is 1.67. The number of amides is 2. The Kier molecular flexibility index (Phi) is 8.35. The quantitative estimate of drug-likeness (QED) is 0.335. The van der Waals surface area contributed by atoms with E-state index in [2.05, 4.69) is 15.6 Å². The van der Waals surface area contributed by atoms with Gasteiger partial charge < -0.3 is 24.8 Å². The molecule has 2 amide bonds. The third-order valence-corrected chi connectivity index (χ3v) is 5.76. The van der Waals surface area contributed by atoms with Crippen LogP contribution in [-0.2, 0) is 29.1 Å². The van der Waals surface area contributed by atoms with E-state index < -0.39 is 33.6 Å². The van der Waals surface area contributed by atoms with Crippen LogP contribution < -0.4 is 20.5 Å². The Morgan fingerprint density at radius 3 is 2.50 bits per heavy atom. The van der Waals surface area contributed by atoms with Gasteiger partial charge in [-0.05, 0) is 39.0 Å². The molecule has 0 spiro atoms. The summed E-state index contributed by atoms with van der Waals surface area (Å²) in [6.45, 7) is 4.30. The van der Waals surface area contributed by atoms with Crippen LogP contribution in [0.1, 0.15) is 20.8 Å². The molecule has 2 rings (SSSR count). The normalized spacial score (nSPS) is 11.6. The Hall–Kier alpha value is -2.97. The predicted octanol–water partition coefficient (Wildman–Crippen LogP) is 0.507. The molecule has 0 radical (unpaired) electrons. The van der Waals surface area contributed by atoms with Crippen molar-refractivity contribution in [1.82, 2.24) is 15.6 Å². The van der Waals surface area contributed by atoms with Gasteiger partial charge in [0.2, 0.25) is 10.2 Å². The van der Waals surface area contributed by atoms with Crippen molar-refractivity contribution in [3.05, 3.63) is 18.2 Å². The summed E-state index contributed by atoms with van der Waals surface area (Å²) in [6.07, 6.45) is -0.746. The molecule has 0 atom stereocenters. The lowest BCUT2D eigenvalue weighted by atomic mass is 10.2. The van der Waals surface area contributed by atoms with Crippen LogP contribution in [0.3, 0.4) is 0 Å². The topological polar surface area (TPSA) is 176 Å². The van der Waals surface area contributed by atoms with E-state index >= 15 is 0 Å². The number of fused-ring (bicyclic) bond motifs is 1. The zero-order valence-electron chi connectivity index (χ0n) is 17.7. The molecular formula is C18H24N4O8S2. The lowest BCUT2D eigenvalue weighted by Gasteiger charge is -2.19. The fourth-order valence-corrected chi connectivity index (χ4v) is 3.85. The number of benzene rings is 1. The van der Waals surface area contributed by atoms with Gasteiger partial charge in [0.1, 0.15) is 37.7 Å². The van der Waals surface area contributed by atoms with E-state index in [9.17, 15) is 22.8 Å². The summed E-state index contributed by atoms with van der Waals surface area (Å²) in [5, 5.41) is 9.64. The van der Waals surface area contributed by atoms with Crippen molar-refractivity contribution in [2.24, 2.45) is 5.14 Å². The molecule has 1 aromatic carbocycles. The molecule has 0 saturated heterocycles. The van der Waals surface area contributed by atoms with Crippen LogP contribution >= 0.6 is 11.3 Å². The molecular weight excluding hydrogens is 464 g/mol. The van der Waals surface area contributed by atoms with Crippen molar-refractivity contribution in [3.8, 4) is 5.75 Å². The molecule has 0 bridgehead atoms. The summed E-state index contributed by atoms with van der Waals surface area (Å²) >= 11 is 0.916. The number of esters is 1. The van der Waals surface area contributed by atoms with E-state index in [-0.39, 0.29) is 30.6 Å². The Bertz CT molecular complexity index is 1090. The van der Waals surface area contributed by atoms with Gasteiger partial charge in [-0.25, -0.2) is 23.3 Å². The lowest BCUT2D eigenvalue weighted by Crippen LogP contribution is -2.41. The number of alkyl carbamates (subject to hydrolysis) is 1. The fraction of sp³-hybridized carbons (Fsp3) is 0.444. The van der Waals surface area contributed by atoms with E-state index in [4.69, 9.17) is 19.3 Å². The van der Waals surface area contributed by atoms with Gasteiger partial charge >= 0.3 is 12.1 Å². The van der Waals surface area contributed by atoms with Crippen molar-refractivity contribution in [1.29, 1.82) is 0 Å². The Morgan fingerprint density at radius 2 is 1.84 bits per heavy atom. The number of nitrogens with one attached hydrogen (secondary N) is 2. The summed E-state index contributed by atoms with van der Waals surface area (Å²) < 4.78 is 38.5. The predicted molar refractivity (Wildman–Crippen MR) is 115 cm³/mol. The number of ether oxygens (including phenoxy) is 3. The standard InChI is InChI=1S/C18H24N4O8S2/c1-18(2,3)30-16(25)21-9-14(23)20-10-15(24)29-7-6-28-11-4-5-12-13(8-11)31-17(22-12)32(19,26)27/h4-5,8H,6-7,9-10H2,1-3H3,(H,20,23)(H,21,25)(H2,19,26,27). The zero-order chi connectivity index (χ0) is 23.9. The maximum Gasteiger partial charge on any atom is 0.408 e. The molecule has 176 valence electrons. The van der Waals surface area contributed by atoms with Gasteiger partial charge in [-0.2, -0.15) is 0 Å². The number of nitrogens with zero attached hydrogens (tertiary/aromatic N) is 1. The summed E-state index contributed by atoms with van der Waals surface area (Å²) in [6, 6.07) is 4.78. The van der Waals surface area contributed by atoms with Crippen molar-refractivity contribution in [2.45, 2.75) is 30.7 Å². The molecule has 0 aliphatic heterocycles. The molecule has 0 aliphatic carbocycles. The minimum atomic E-state index is -3.88. The molecule has 1 heterocycles. The largest absolute Gasteiger partial charge is 0.490 e. The number of aromatic nitrogens is 1. The van der Waals surface area contributed by atoms with Crippen LogP contribution in [0.5, 0.6) is 5.75 Å². The first-order chi connectivity index (χ1) is 14.8. The van der Waals surface area contributed by atoms with Crippen molar-refractivity contribution >= 4 is 49.5 Å². The average Bonchev–Trinajstić information content (AvgIpc) is 3.10. The highest BCUT2D eigenvalue weighted by Gasteiger charge is 2.17. The van der Waals surface area contributed by atoms with Gasteiger partial charge in [-0.3, -0.25) is 9.59 Å². The van der Waals surface area contributed by atoms with E-state index in [0.29, 0.717) is 16.0 Å². The Labute approximate surface area is 188 Å². The van der Waals surface area contributed by atoms with Crippen molar-refractivity contribution < 1.29 is 37.0 Å². The molecule has 4 N–H and O–H groups in total. The van der Waals surface area contributed by atoms with Crippen LogP contribution in [0.25, 0.3) is 10.2 Å². The van der Waals surface area contributed by atoms with Gasteiger partial charge in [-0.1, -0.05) is 0 Å². The number of sulfonamides is 1. The number of carbonyl (C=O) groups excluding carboxylic acids is 3. The highest BCUT2D eigenvalue weighted by molar-refractivity contribution is 7.91. The third kappa shape index (κ3) is 8.64. The highest BCUT2D eigenvalue weighted by Crippen LogP contribution is 2.28. The number of thiazole rings is 1. The SMILES string of the molecule is CC(C)(C)OC(=O)NCC(=O)NCC(=O)OCCOc1ccc2nc(S(N)(=O)=O)sc2c1. The first-order valence-corrected chi connectivity index (χ1v) is 11.6. The van der Waals surface area contributed by atoms with Gasteiger partial charge in [0.05, 0.1) is 10.2 Å². The number of hydrogen-bond acceptors (Lipinski definition) is 10. The van der Waals surface area contributed by atoms with Crippen LogP contribution in [0.4, 0.5) is 4.79 Å². The molecule has 0 saturated carbocycles. The van der Waals surface area contributed by atoms with E-state index in [0.717, 1.165) is 11.3 Å². The highest BCUT2D eigenvalue weighted by atomic mass is 32.2. The molecule has 0 aliphatic rings. The summed E-state index contributed by atoms with van der Waals surface area (Å²) in [7, 11) is -3.88. The van der Waals surface area contributed by atoms with Crippen LogP contribution in [0.15, 0.2) is 22.5 Å². The number of hydrogen-bond donors (Lipinski definition) is 3. The van der Waals surface area contributed by atoms with Gasteiger partial charge in [0.25, 0.3) is 10.0 Å². The first-order valence-electron chi connectivity index (χ1n) is 9.29. The third-order valence-electron chi connectivity index (χ3n) is 3.42. The molecule has 0 unspecified atom stereocenters. The second-order valence-electron chi connectivity index (χ2n) is 7.36. The van der Waals surface area contributed by atoms with Gasteiger partial charge in [0.15, 0.2) is 0 Å². The maximum absolute atomic E-state index is 11.7. The van der Waals surface area contributed by atoms with E-state index in [1.54, 1.807) is 39.0 Å². The summed E-state index contributed by atoms with van der Waals surface area (Å²) in [4.78, 5) is 38.7. The second-order valence-corrected chi connectivity index (χ2v) is 10.1. The molecule has 1 aromatic heterocycles. The van der Waals surface area contributed by atoms with E-state index in [1.165, 1.54) is 0 Å². The minimum absolute atomic E-state index is 0.0340. The van der Waals surface area contributed by atoms with E-state index in [1.807, 2.05) is 0 Å². The lowest BCUT2D eigenvalue weighted by molar-refractivity contribution is -0.144. The van der Waals surface area contributed by atoms with Crippen molar-refractivity contribution in [3.63, 3.8) is 0 Å². The molecule has 2 aromatic rings. The monoisotopic (exact) mass is 488 g/mol. The number of nitrogens with two attached hydrogens (primary N) is 1. The van der Waals surface area contributed by atoms with Crippen molar-refractivity contribution in [2.75, 3.05) is 26.3 Å². The molecule has 0 fully saturated rings. The van der Waals surface area contributed by atoms with Crippen LogP contribution in [0, 0.1) is 0 Å². The minimum Gasteiger partial charge on any atom is -0.490 e. The molecule has 14 heteroatoms. The fourth-order valence-electron chi connectivity index (χ4n) is 2.16. The van der Waals surface area contributed by atoms with Gasteiger partial charge in [-0.15, -0.1) is 11.3 Å². The smallest absolute Gasteiger partial charge is 0.408 e. The van der Waals surface area contributed by atoms with Crippen LogP contribution in [0.2, 0.25) is 0 Å². The summed E-state index contributed by atoms with van der Waals surface area (Å²) in [5.41, 5.74) is -0.220. The number of primary sulfonamides is 1. The van der Waals surface area contributed by atoms with Crippen LogP contribution in [-0.4, -0.2) is 63.3 Å². The average molecular weight is 489 g/mol. The molecule has 32 heavy (non-hydrogen) atoms.